The number of amides is 1. The van der Waals surface area contributed by atoms with E-state index in [4.69, 9.17) is 9.52 Å². The van der Waals surface area contributed by atoms with Crippen LogP contribution in [0.1, 0.15) is 19.1 Å². The van der Waals surface area contributed by atoms with Crippen LogP contribution in [0.4, 0.5) is 0 Å². The molecule has 0 saturated heterocycles. The van der Waals surface area contributed by atoms with E-state index in [1.54, 1.807) is 12.1 Å². The summed E-state index contributed by atoms with van der Waals surface area (Å²) >= 11 is 0. The Balaban J connectivity index is 2.30. The van der Waals surface area contributed by atoms with Crippen LogP contribution in [0.15, 0.2) is 27.9 Å². The lowest BCUT2D eigenvalue weighted by Crippen LogP contribution is -2.21. The maximum atomic E-state index is 11.0. The van der Waals surface area contributed by atoms with E-state index in [1.807, 2.05) is 0 Å². The number of aliphatic hydroxyl groups is 1. The van der Waals surface area contributed by atoms with Crippen molar-refractivity contribution in [3.8, 4) is 0 Å². The second kappa shape index (κ2) is 5.18. The van der Waals surface area contributed by atoms with Gasteiger partial charge in [0, 0.05) is 0 Å². The molecular weight excluding hydrogens is 184 g/mol. The average Bonchev–Trinajstić information content (AvgIpc) is 2.55. The summed E-state index contributed by atoms with van der Waals surface area (Å²) in [6, 6.07) is 3.43. The Labute approximate surface area is 81.4 Å². The van der Waals surface area contributed by atoms with E-state index in [0.29, 0.717) is 5.76 Å². The van der Waals surface area contributed by atoms with Crippen molar-refractivity contribution in [3.05, 3.63) is 24.2 Å². The number of nitrogens with one attached hydrogen (secondary N) is 1. The Bertz CT molecular complexity index is 304. The van der Waals surface area contributed by atoms with Crippen LogP contribution in [0.5, 0.6) is 0 Å². The lowest BCUT2D eigenvalue weighted by molar-refractivity contribution is -0.122. The summed E-state index contributed by atoms with van der Waals surface area (Å²) in [4.78, 5) is 11.0. The fourth-order valence-corrected chi connectivity index (χ4v) is 0.847. The lowest BCUT2D eigenvalue weighted by Gasteiger charge is -2.00. The molecule has 0 aromatic carbocycles. The topological polar surface area (TPSA) is 74.8 Å². The number of aliphatic hydroxyl groups excluding tert-OH is 1. The Morgan fingerprint density at radius 3 is 3.21 bits per heavy atom. The summed E-state index contributed by atoms with van der Waals surface area (Å²) < 4.78 is 4.95. The van der Waals surface area contributed by atoms with Gasteiger partial charge in [0.25, 0.3) is 0 Å². The van der Waals surface area contributed by atoms with Crippen molar-refractivity contribution in [1.29, 1.82) is 0 Å². The number of carbonyl (C=O) groups is 1. The van der Waals surface area contributed by atoms with E-state index in [-0.39, 0.29) is 12.3 Å². The largest absolute Gasteiger partial charge is 0.463 e. The maximum Gasteiger partial charge on any atom is 0.242 e. The van der Waals surface area contributed by atoms with Crippen LogP contribution in [0, 0.1) is 0 Å². The Morgan fingerprint density at radius 1 is 1.86 bits per heavy atom. The second-order valence-electron chi connectivity index (χ2n) is 2.86. The van der Waals surface area contributed by atoms with Gasteiger partial charge in [0.1, 0.15) is 5.76 Å². The van der Waals surface area contributed by atoms with Crippen LogP contribution in [-0.4, -0.2) is 23.3 Å². The van der Waals surface area contributed by atoms with E-state index in [0.717, 1.165) is 0 Å². The van der Waals surface area contributed by atoms with Crippen molar-refractivity contribution < 1.29 is 14.3 Å². The zero-order valence-electron chi connectivity index (χ0n) is 7.80. The van der Waals surface area contributed by atoms with Crippen LogP contribution < -0.4 is 5.43 Å². The minimum atomic E-state index is -0.659. The fourth-order valence-electron chi connectivity index (χ4n) is 0.847. The van der Waals surface area contributed by atoms with Gasteiger partial charge in [-0.2, -0.15) is 5.10 Å². The van der Waals surface area contributed by atoms with Gasteiger partial charge in [-0.3, -0.25) is 4.79 Å². The molecule has 0 aliphatic heterocycles. The molecule has 0 spiro atoms. The quantitative estimate of drug-likeness (QED) is 0.544. The van der Waals surface area contributed by atoms with Gasteiger partial charge in [-0.15, -0.1) is 0 Å². The number of carbonyl (C=O) groups excluding carboxylic acids is 1. The smallest absolute Gasteiger partial charge is 0.242 e. The molecule has 0 bridgehead atoms. The van der Waals surface area contributed by atoms with Gasteiger partial charge in [0.2, 0.25) is 5.91 Å². The minimum absolute atomic E-state index is 0.0372. The first kappa shape index (κ1) is 10.5. The van der Waals surface area contributed by atoms with Crippen LogP contribution in [0.2, 0.25) is 0 Å². The Morgan fingerprint density at radius 2 is 2.64 bits per heavy atom. The zero-order chi connectivity index (χ0) is 10.4. The van der Waals surface area contributed by atoms with Gasteiger partial charge in [-0.25, -0.2) is 5.43 Å². The normalized spacial score (nSPS) is 13.0. The van der Waals surface area contributed by atoms with Gasteiger partial charge in [-0.05, 0) is 19.1 Å². The molecule has 5 heteroatoms. The van der Waals surface area contributed by atoms with E-state index in [2.05, 4.69) is 10.5 Å². The van der Waals surface area contributed by atoms with Crippen LogP contribution >= 0.6 is 0 Å². The van der Waals surface area contributed by atoms with Crippen molar-refractivity contribution >= 4 is 12.1 Å². The van der Waals surface area contributed by atoms with E-state index in [1.165, 1.54) is 19.4 Å². The van der Waals surface area contributed by atoms with Crippen molar-refractivity contribution in [2.75, 3.05) is 0 Å². The van der Waals surface area contributed by atoms with Crippen LogP contribution in [-0.2, 0) is 4.79 Å². The van der Waals surface area contributed by atoms with Crippen LogP contribution in [0.25, 0.3) is 0 Å². The molecule has 14 heavy (non-hydrogen) atoms. The number of furan rings is 1. The van der Waals surface area contributed by atoms with Gasteiger partial charge >= 0.3 is 0 Å². The highest BCUT2D eigenvalue weighted by molar-refractivity contribution is 5.80. The molecule has 0 saturated carbocycles. The third kappa shape index (κ3) is 3.86. The monoisotopic (exact) mass is 196 g/mol. The van der Waals surface area contributed by atoms with E-state index < -0.39 is 6.10 Å². The Kier molecular flexibility index (Phi) is 3.87. The molecule has 5 nitrogen and oxygen atoms in total. The van der Waals surface area contributed by atoms with Gasteiger partial charge in [0.15, 0.2) is 0 Å². The standard InChI is InChI=1S/C9H12N2O3/c1-7(12)5-9(13)11-10-6-8-3-2-4-14-8/h2-4,6-7,12H,5H2,1H3,(H,11,13)/b10-6-/t7-/m1/s1. The van der Waals surface area contributed by atoms with Gasteiger partial charge < -0.3 is 9.52 Å². The van der Waals surface area contributed by atoms with Crippen molar-refractivity contribution in [2.24, 2.45) is 5.10 Å². The molecule has 1 atom stereocenters. The summed E-state index contributed by atoms with van der Waals surface area (Å²) in [6.07, 6.45) is 2.28. The molecule has 1 aromatic heterocycles. The highest BCUT2D eigenvalue weighted by atomic mass is 16.3. The minimum Gasteiger partial charge on any atom is -0.463 e. The molecular formula is C9H12N2O3. The number of hydrogen-bond donors (Lipinski definition) is 2. The molecule has 1 aromatic rings. The Hall–Kier alpha value is -1.62. The third-order valence-corrected chi connectivity index (χ3v) is 1.41. The number of hydrazone groups is 1. The molecule has 0 fully saturated rings. The molecule has 2 N–H and O–H groups in total. The lowest BCUT2D eigenvalue weighted by atomic mass is 10.3. The highest BCUT2D eigenvalue weighted by Crippen LogP contribution is 1.94. The molecule has 76 valence electrons. The third-order valence-electron chi connectivity index (χ3n) is 1.41. The zero-order valence-corrected chi connectivity index (χ0v) is 7.80. The summed E-state index contributed by atoms with van der Waals surface area (Å²) in [7, 11) is 0. The molecule has 0 aliphatic carbocycles. The number of nitrogens with zero attached hydrogens (tertiary/aromatic N) is 1. The van der Waals surface area contributed by atoms with Gasteiger partial charge in [0.05, 0.1) is 25.0 Å². The van der Waals surface area contributed by atoms with Crippen molar-refractivity contribution in [1.82, 2.24) is 5.43 Å². The summed E-state index contributed by atoms with van der Waals surface area (Å²) in [6.45, 7) is 1.54. The molecule has 1 heterocycles. The fraction of sp³-hybridized carbons (Fsp3) is 0.333. The second-order valence-corrected chi connectivity index (χ2v) is 2.86. The molecule has 0 unspecified atom stereocenters. The van der Waals surface area contributed by atoms with Crippen LogP contribution in [0.3, 0.4) is 0 Å². The summed E-state index contributed by atoms with van der Waals surface area (Å²) in [5.41, 5.74) is 2.26. The van der Waals surface area contributed by atoms with Crippen molar-refractivity contribution in [2.45, 2.75) is 19.4 Å². The summed E-state index contributed by atoms with van der Waals surface area (Å²) in [5, 5.41) is 12.5. The predicted molar refractivity (Wildman–Crippen MR) is 50.7 cm³/mol. The SMILES string of the molecule is C[C@@H](O)CC(=O)N/N=C\c1ccco1. The molecule has 1 rings (SSSR count). The molecule has 1 amide bonds. The van der Waals surface area contributed by atoms with E-state index in [9.17, 15) is 4.79 Å². The average molecular weight is 196 g/mol. The van der Waals surface area contributed by atoms with Crippen molar-refractivity contribution in [3.63, 3.8) is 0 Å². The van der Waals surface area contributed by atoms with Gasteiger partial charge in [-0.1, -0.05) is 0 Å². The first-order chi connectivity index (χ1) is 6.68. The first-order valence-corrected chi connectivity index (χ1v) is 4.22. The first-order valence-electron chi connectivity index (χ1n) is 4.22. The summed E-state index contributed by atoms with van der Waals surface area (Å²) in [5.74, 6) is 0.227. The molecule has 0 radical (unpaired) electrons. The maximum absolute atomic E-state index is 11.0. The number of rotatable bonds is 4. The molecule has 0 aliphatic rings. The number of hydrogen-bond acceptors (Lipinski definition) is 4. The van der Waals surface area contributed by atoms with E-state index >= 15 is 0 Å². The highest BCUT2D eigenvalue weighted by Gasteiger charge is 2.03. The predicted octanol–water partition coefficient (Wildman–Crippen LogP) is 0.501.